The van der Waals surface area contributed by atoms with Crippen LogP contribution in [0.15, 0.2) is 60.8 Å². The summed E-state index contributed by atoms with van der Waals surface area (Å²) in [5, 5.41) is 2.93. The fraction of sp³-hybridized carbons (Fsp3) is 0.200. The Balaban J connectivity index is 1.69. The number of hydrogen-bond acceptors (Lipinski definition) is 4. The minimum absolute atomic E-state index is 0.211. The number of methoxy groups -OCH3 is 1. The quantitative estimate of drug-likeness (QED) is 0.462. The van der Waals surface area contributed by atoms with E-state index in [2.05, 4.69) is 10.3 Å². The zero-order valence-corrected chi connectivity index (χ0v) is 15.8. The summed E-state index contributed by atoms with van der Waals surface area (Å²) in [5.74, 6) is 0.532. The molecule has 3 aromatic rings. The number of nitrogens with zero attached hydrogens (tertiary/aromatic N) is 1. The van der Waals surface area contributed by atoms with E-state index in [-0.39, 0.29) is 5.91 Å². The van der Waals surface area contributed by atoms with Crippen LogP contribution in [0.25, 0.3) is 5.69 Å². The number of benzene rings is 2. The fourth-order valence-electron chi connectivity index (χ4n) is 2.63. The molecule has 0 spiro atoms. The first-order valence-corrected chi connectivity index (χ1v) is 8.94. The Kier molecular flexibility index (Phi) is 6.40. The summed E-state index contributed by atoms with van der Waals surface area (Å²) in [6.07, 6.45) is 1.62. The van der Waals surface area contributed by atoms with Crippen molar-refractivity contribution in [3.8, 4) is 11.4 Å². The van der Waals surface area contributed by atoms with Gasteiger partial charge in [-0.25, -0.2) is 0 Å². The van der Waals surface area contributed by atoms with Crippen LogP contribution in [0.1, 0.15) is 16.1 Å². The molecule has 1 aromatic heterocycles. The summed E-state index contributed by atoms with van der Waals surface area (Å²) in [4.78, 5) is 15.6. The van der Waals surface area contributed by atoms with Gasteiger partial charge in [0.15, 0.2) is 4.77 Å². The number of rotatable bonds is 8. The van der Waals surface area contributed by atoms with Crippen molar-refractivity contribution in [2.45, 2.75) is 6.54 Å². The minimum Gasteiger partial charge on any atom is -0.491 e. The zero-order valence-electron chi connectivity index (χ0n) is 15.0. The monoisotopic (exact) mass is 383 g/mol. The Hall–Kier alpha value is -2.90. The topological polar surface area (TPSA) is 68.3 Å². The van der Waals surface area contributed by atoms with Gasteiger partial charge < -0.3 is 19.8 Å². The minimum atomic E-state index is -0.211. The number of aromatic nitrogens is 2. The van der Waals surface area contributed by atoms with Crippen molar-refractivity contribution in [1.82, 2.24) is 14.9 Å². The lowest BCUT2D eigenvalue weighted by molar-refractivity contribution is 0.0944. The van der Waals surface area contributed by atoms with Crippen molar-refractivity contribution in [2.75, 3.05) is 20.3 Å². The molecule has 0 aliphatic rings. The predicted octanol–water partition coefficient (Wildman–Crippen LogP) is 3.49. The molecule has 2 aromatic carbocycles. The third kappa shape index (κ3) is 4.84. The Labute approximate surface area is 162 Å². The van der Waals surface area contributed by atoms with Gasteiger partial charge in [0, 0.05) is 25.5 Å². The van der Waals surface area contributed by atoms with E-state index in [1.54, 1.807) is 17.9 Å². The van der Waals surface area contributed by atoms with Crippen molar-refractivity contribution in [1.29, 1.82) is 0 Å². The molecule has 0 saturated carbocycles. The van der Waals surface area contributed by atoms with E-state index in [4.69, 9.17) is 21.7 Å². The van der Waals surface area contributed by atoms with Crippen molar-refractivity contribution >= 4 is 18.1 Å². The lowest BCUT2D eigenvalue weighted by atomic mass is 10.2. The molecule has 1 heterocycles. The van der Waals surface area contributed by atoms with E-state index in [0.717, 1.165) is 17.0 Å². The molecular weight excluding hydrogens is 362 g/mol. The molecule has 0 unspecified atom stereocenters. The van der Waals surface area contributed by atoms with E-state index in [0.29, 0.717) is 30.2 Å². The molecule has 7 heteroatoms. The van der Waals surface area contributed by atoms with Crippen LogP contribution in [0.2, 0.25) is 0 Å². The highest BCUT2D eigenvalue weighted by molar-refractivity contribution is 7.71. The van der Waals surface area contributed by atoms with Gasteiger partial charge in [0.2, 0.25) is 0 Å². The van der Waals surface area contributed by atoms with Gasteiger partial charge in [0.25, 0.3) is 5.91 Å². The molecule has 27 heavy (non-hydrogen) atoms. The number of aromatic amines is 1. The van der Waals surface area contributed by atoms with Gasteiger partial charge in [-0.2, -0.15) is 0 Å². The molecule has 0 atom stereocenters. The lowest BCUT2D eigenvalue weighted by Gasteiger charge is -2.10. The number of para-hydroxylation sites is 1. The molecular formula is C20H21N3O3S. The van der Waals surface area contributed by atoms with Gasteiger partial charge in [0.1, 0.15) is 18.1 Å². The summed E-state index contributed by atoms with van der Waals surface area (Å²) in [6, 6.07) is 17.1. The Bertz CT molecular complexity index is 950. The maximum atomic E-state index is 12.7. The van der Waals surface area contributed by atoms with Crippen LogP contribution < -0.4 is 10.1 Å². The van der Waals surface area contributed by atoms with Crippen LogP contribution >= 0.6 is 12.2 Å². The van der Waals surface area contributed by atoms with Gasteiger partial charge in [-0.15, -0.1) is 0 Å². The number of carbonyl (C=O) groups is 1. The highest BCUT2D eigenvalue weighted by Crippen LogP contribution is 2.15. The molecule has 0 saturated heterocycles. The molecule has 2 N–H and O–H groups in total. The molecule has 0 bridgehead atoms. The Morgan fingerprint density at radius 2 is 1.96 bits per heavy atom. The zero-order chi connectivity index (χ0) is 19.1. The fourth-order valence-corrected chi connectivity index (χ4v) is 2.89. The molecule has 0 radical (unpaired) electrons. The maximum Gasteiger partial charge on any atom is 0.270 e. The average Bonchev–Trinajstić information content (AvgIpc) is 3.09. The van der Waals surface area contributed by atoms with Crippen LogP contribution in [-0.2, 0) is 11.3 Å². The van der Waals surface area contributed by atoms with Gasteiger partial charge in [-0.1, -0.05) is 30.3 Å². The van der Waals surface area contributed by atoms with E-state index in [1.807, 2.05) is 54.6 Å². The number of carbonyl (C=O) groups excluding carboxylic acids is 1. The van der Waals surface area contributed by atoms with Crippen molar-refractivity contribution in [2.24, 2.45) is 0 Å². The first-order valence-electron chi connectivity index (χ1n) is 8.54. The third-order valence-electron chi connectivity index (χ3n) is 3.93. The van der Waals surface area contributed by atoms with Crippen LogP contribution in [0.4, 0.5) is 0 Å². The molecule has 0 fully saturated rings. The number of H-pyrrole nitrogens is 1. The van der Waals surface area contributed by atoms with E-state index >= 15 is 0 Å². The Morgan fingerprint density at radius 1 is 1.15 bits per heavy atom. The standard InChI is InChI=1S/C20H21N3O3S/c1-25-10-11-26-17-9-5-6-15(12-17)13-21-19(24)18-14-22-20(27)23(18)16-7-3-2-4-8-16/h2-9,12,14H,10-11,13H2,1H3,(H,21,24)(H,22,27). The van der Waals surface area contributed by atoms with Gasteiger partial charge in [-0.05, 0) is 42.0 Å². The summed E-state index contributed by atoms with van der Waals surface area (Å²) in [7, 11) is 1.63. The number of hydrogen-bond donors (Lipinski definition) is 2. The SMILES string of the molecule is COCCOc1cccc(CNC(=O)c2c[nH]c(=S)n2-c2ccccc2)c1. The molecule has 140 valence electrons. The second kappa shape index (κ2) is 9.16. The van der Waals surface area contributed by atoms with E-state index in [1.165, 1.54) is 0 Å². The number of nitrogens with one attached hydrogen (secondary N) is 2. The van der Waals surface area contributed by atoms with Gasteiger partial charge in [0.05, 0.1) is 6.61 Å². The van der Waals surface area contributed by atoms with Crippen molar-refractivity contribution in [3.05, 3.63) is 76.8 Å². The average molecular weight is 383 g/mol. The van der Waals surface area contributed by atoms with Crippen LogP contribution in [0.3, 0.4) is 0 Å². The van der Waals surface area contributed by atoms with E-state index < -0.39 is 0 Å². The van der Waals surface area contributed by atoms with Crippen LogP contribution in [0, 0.1) is 4.77 Å². The molecule has 0 aliphatic heterocycles. The molecule has 3 rings (SSSR count). The Morgan fingerprint density at radius 3 is 2.74 bits per heavy atom. The van der Waals surface area contributed by atoms with Gasteiger partial charge in [-0.3, -0.25) is 9.36 Å². The summed E-state index contributed by atoms with van der Waals surface area (Å²) in [5.41, 5.74) is 2.24. The highest BCUT2D eigenvalue weighted by Gasteiger charge is 2.14. The first-order chi connectivity index (χ1) is 13.2. The summed E-state index contributed by atoms with van der Waals surface area (Å²) in [6.45, 7) is 1.39. The second-order valence-electron chi connectivity index (χ2n) is 5.82. The van der Waals surface area contributed by atoms with Gasteiger partial charge >= 0.3 is 0 Å². The van der Waals surface area contributed by atoms with E-state index in [9.17, 15) is 4.79 Å². The number of amides is 1. The molecule has 0 aliphatic carbocycles. The van der Waals surface area contributed by atoms with Crippen LogP contribution in [0.5, 0.6) is 5.75 Å². The first kappa shape index (κ1) is 18.9. The molecule has 1 amide bonds. The van der Waals surface area contributed by atoms with Crippen molar-refractivity contribution in [3.63, 3.8) is 0 Å². The number of imidazole rings is 1. The normalized spacial score (nSPS) is 10.6. The predicted molar refractivity (Wildman–Crippen MR) is 106 cm³/mol. The van der Waals surface area contributed by atoms with Crippen molar-refractivity contribution < 1.29 is 14.3 Å². The molecule has 6 nitrogen and oxygen atoms in total. The lowest BCUT2D eigenvalue weighted by Crippen LogP contribution is -2.25. The van der Waals surface area contributed by atoms with Crippen LogP contribution in [-0.4, -0.2) is 35.8 Å². The largest absolute Gasteiger partial charge is 0.491 e. The smallest absolute Gasteiger partial charge is 0.270 e. The highest BCUT2D eigenvalue weighted by atomic mass is 32.1. The second-order valence-corrected chi connectivity index (χ2v) is 6.21. The summed E-state index contributed by atoms with van der Waals surface area (Å²) >= 11 is 5.32. The number of ether oxygens (including phenoxy) is 2. The maximum absolute atomic E-state index is 12.7. The summed E-state index contributed by atoms with van der Waals surface area (Å²) < 4.78 is 12.8. The third-order valence-corrected chi connectivity index (χ3v) is 4.23.